The number of aliphatic hydroxyl groups excluding tert-OH is 1. The first-order valence-corrected chi connectivity index (χ1v) is 7.04. The summed E-state index contributed by atoms with van der Waals surface area (Å²) in [6, 6.07) is 0. The average Bonchev–Trinajstić information content (AvgIpc) is 2.34. The number of nitrogens with one attached hydrogen (secondary N) is 1. The van der Waals surface area contributed by atoms with Crippen LogP contribution in [0.4, 0.5) is 0 Å². The normalized spacial score (nSPS) is 21.1. The number of nitrogens with zero attached hydrogens (tertiary/aromatic N) is 1. The lowest BCUT2D eigenvalue weighted by Gasteiger charge is -2.31. The zero-order valence-corrected chi connectivity index (χ0v) is 12.0. The third-order valence-electron chi connectivity index (χ3n) is 3.56. The van der Waals surface area contributed by atoms with Gasteiger partial charge in [-0.15, -0.1) is 0 Å². The molecule has 4 nitrogen and oxygen atoms in total. The number of rotatable bonds is 6. The van der Waals surface area contributed by atoms with E-state index in [1.54, 1.807) is 0 Å². The van der Waals surface area contributed by atoms with Crippen molar-refractivity contribution in [1.29, 1.82) is 0 Å². The molecule has 2 N–H and O–H groups in total. The Balaban J connectivity index is 2.17. The highest BCUT2D eigenvalue weighted by molar-refractivity contribution is 5.76. The van der Waals surface area contributed by atoms with Crippen molar-refractivity contribution in [2.45, 2.75) is 40.0 Å². The molecule has 0 unspecified atom stereocenters. The smallest absolute Gasteiger partial charge is 0.223 e. The molecule has 1 fully saturated rings. The van der Waals surface area contributed by atoms with Crippen LogP contribution < -0.4 is 5.32 Å². The van der Waals surface area contributed by atoms with E-state index in [1.807, 2.05) is 18.7 Å². The largest absolute Gasteiger partial charge is 0.396 e. The van der Waals surface area contributed by atoms with Crippen molar-refractivity contribution >= 4 is 5.91 Å². The van der Waals surface area contributed by atoms with Crippen LogP contribution in [0.15, 0.2) is 0 Å². The van der Waals surface area contributed by atoms with Crippen molar-refractivity contribution in [2.24, 2.45) is 11.3 Å². The van der Waals surface area contributed by atoms with Gasteiger partial charge in [0.05, 0.1) is 0 Å². The van der Waals surface area contributed by atoms with Gasteiger partial charge < -0.3 is 15.3 Å². The number of carbonyl (C=O) groups is 1. The molecule has 18 heavy (non-hydrogen) atoms. The molecule has 0 aromatic heterocycles. The van der Waals surface area contributed by atoms with Gasteiger partial charge in [-0.3, -0.25) is 4.79 Å². The number of amides is 1. The minimum absolute atomic E-state index is 0.108. The SMILES string of the molecule is C[C@@H]1CCCN(C(=O)CCNCC(C)(C)CO)C1. The Bertz CT molecular complexity index is 267. The van der Waals surface area contributed by atoms with Crippen molar-refractivity contribution in [2.75, 3.05) is 32.8 Å². The van der Waals surface area contributed by atoms with E-state index < -0.39 is 0 Å². The highest BCUT2D eigenvalue weighted by atomic mass is 16.3. The van der Waals surface area contributed by atoms with Crippen LogP contribution in [0, 0.1) is 11.3 Å². The maximum absolute atomic E-state index is 12.0. The van der Waals surface area contributed by atoms with E-state index in [4.69, 9.17) is 5.11 Å². The van der Waals surface area contributed by atoms with Crippen molar-refractivity contribution < 1.29 is 9.90 Å². The van der Waals surface area contributed by atoms with Crippen LogP contribution in [-0.4, -0.2) is 48.7 Å². The Morgan fingerprint density at radius 1 is 1.50 bits per heavy atom. The van der Waals surface area contributed by atoms with Crippen LogP contribution in [0.25, 0.3) is 0 Å². The zero-order chi connectivity index (χ0) is 13.6. The molecule has 1 saturated heterocycles. The number of likely N-dealkylation sites (tertiary alicyclic amines) is 1. The van der Waals surface area contributed by atoms with Gasteiger partial charge in [-0.2, -0.15) is 0 Å². The predicted molar refractivity (Wildman–Crippen MR) is 73.3 cm³/mol. The molecule has 1 atom stereocenters. The van der Waals surface area contributed by atoms with Crippen LogP contribution in [0.2, 0.25) is 0 Å². The maximum atomic E-state index is 12.0. The molecule has 1 amide bonds. The Kier molecular flexibility index (Phi) is 6.09. The van der Waals surface area contributed by atoms with E-state index in [9.17, 15) is 4.79 Å². The van der Waals surface area contributed by atoms with Gasteiger partial charge in [0.2, 0.25) is 5.91 Å². The molecule has 106 valence electrons. The zero-order valence-electron chi connectivity index (χ0n) is 12.0. The van der Waals surface area contributed by atoms with E-state index in [0.717, 1.165) is 26.1 Å². The fourth-order valence-corrected chi connectivity index (χ4v) is 2.25. The lowest BCUT2D eigenvalue weighted by Crippen LogP contribution is -2.41. The van der Waals surface area contributed by atoms with E-state index >= 15 is 0 Å². The second kappa shape index (κ2) is 7.10. The molecule has 1 aliphatic heterocycles. The van der Waals surface area contributed by atoms with Gasteiger partial charge in [0.15, 0.2) is 0 Å². The lowest BCUT2D eigenvalue weighted by molar-refractivity contribution is -0.132. The van der Waals surface area contributed by atoms with E-state index in [1.165, 1.54) is 6.42 Å². The topological polar surface area (TPSA) is 52.6 Å². The fraction of sp³-hybridized carbons (Fsp3) is 0.929. The fourth-order valence-electron chi connectivity index (χ4n) is 2.25. The summed E-state index contributed by atoms with van der Waals surface area (Å²) in [5.74, 6) is 0.903. The van der Waals surface area contributed by atoms with Gasteiger partial charge >= 0.3 is 0 Å². The molecule has 0 aromatic rings. The van der Waals surface area contributed by atoms with Crippen molar-refractivity contribution in [3.05, 3.63) is 0 Å². The quantitative estimate of drug-likeness (QED) is 0.703. The minimum Gasteiger partial charge on any atom is -0.396 e. The second-order valence-electron chi connectivity index (χ2n) is 6.34. The Labute approximate surface area is 111 Å². The summed E-state index contributed by atoms with van der Waals surface area (Å²) in [7, 11) is 0. The minimum atomic E-state index is -0.108. The highest BCUT2D eigenvalue weighted by Crippen LogP contribution is 2.16. The Morgan fingerprint density at radius 2 is 2.22 bits per heavy atom. The maximum Gasteiger partial charge on any atom is 0.223 e. The number of carbonyl (C=O) groups excluding carboxylic acids is 1. The van der Waals surface area contributed by atoms with Crippen LogP contribution in [0.1, 0.15) is 40.0 Å². The molecule has 1 aliphatic rings. The van der Waals surface area contributed by atoms with Gasteiger partial charge in [-0.1, -0.05) is 20.8 Å². The van der Waals surface area contributed by atoms with Crippen LogP contribution in [-0.2, 0) is 4.79 Å². The highest BCUT2D eigenvalue weighted by Gasteiger charge is 2.21. The second-order valence-corrected chi connectivity index (χ2v) is 6.34. The van der Waals surface area contributed by atoms with Gasteiger partial charge in [-0.05, 0) is 18.8 Å². The van der Waals surface area contributed by atoms with Crippen LogP contribution in [0.5, 0.6) is 0 Å². The Morgan fingerprint density at radius 3 is 2.83 bits per heavy atom. The van der Waals surface area contributed by atoms with Gasteiger partial charge in [0.1, 0.15) is 0 Å². The van der Waals surface area contributed by atoms with Crippen molar-refractivity contribution in [1.82, 2.24) is 10.2 Å². The van der Waals surface area contributed by atoms with Crippen LogP contribution >= 0.6 is 0 Å². The van der Waals surface area contributed by atoms with Gasteiger partial charge in [0, 0.05) is 44.6 Å². The summed E-state index contributed by atoms with van der Waals surface area (Å²) in [4.78, 5) is 14.0. The molecule has 0 aromatic carbocycles. The summed E-state index contributed by atoms with van der Waals surface area (Å²) in [6.45, 7) is 9.67. The summed E-state index contributed by atoms with van der Waals surface area (Å²) >= 11 is 0. The van der Waals surface area contributed by atoms with Crippen LogP contribution in [0.3, 0.4) is 0 Å². The number of hydrogen-bond donors (Lipinski definition) is 2. The number of aliphatic hydroxyl groups is 1. The van der Waals surface area contributed by atoms with E-state index in [2.05, 4.69) is 12.2 Å². The third kappa shape index (κ3) is 5.36. The monoisotopic (exact) mass is 256 g/mol. The van der Waals surface area contributed by atoms with Gasteiger partial charge in [-0.25, -0.2) is 0 Å². The standard InChI is InChI=1S/C14H28N2O2/c1-12-5-4-8-16(9-12)13(18)6-7-15-10-14(2,3)11-17/h12,15,17H,4-11H2,1-3H3/t12-/m1/s1. The first-order chi connectivity index (χ1) is 8.44. The predicted octanol–water partition coefficient (Wildman–Crippen LogP) is 1.24. The molecule has 4 heteroatoms. The first-order valence-electron chi connectivity index (χ1n) is 7.04. The molecule has 0 radical (unpaired) electrons. The summed E-state index contributed by atoms with van der Waals surface area (Å²) in [5.41, 5.74) is -0.108. The molecule has 1 heterocycles. The van der Waals surface area contributed by atoms with E-state index in [-0.39, 0.29) is 17.9 Å². The molecular weight excluding hydrogens is 228 g/mol. The van der Waals surface area contributed by atoms with Crippen molar-refractivity contribution in [3.8, 4) is 0 Å². The molecule has 0 aliphatic carbocycles. The average molecular weight is 256 g/mol. The molecule has 0 spiro atoms. The summed E-state index contributed by atoms with van der Waals surface area (Å²) in [6.07, 6.45) is 2.94. The number of piperidine rings is 1. The van der Waals surface area contributed by atoms with E-state index in [0.29, 0.717) is 18.9 Å². The molecular formula is C14H28N2O2. The summed E-state index contributed by atoms with van der Waals surface area (Å²) < 4.78 is 0. The van der Waals surface area contributed by atoms with Crippen molar-refractivity contribution in [3.63, 3.8) is 0 Å². The number of hydrogen-bond acceptors (Lipinski definition) is 3. The van der Waals surface area contributed by atoms with Gasteiger partial charge in [0.25, 0.3) is 0 Å². The molecule has 1 rings (SSSR count). The molecule has 0 bridgehead atoms. The molecule has 0 saturated carbocycles. The summed E-state index contributed by atoms with van der Waals surface area (Å²) in [5, 5.41) is 12.4. The lowest BCUT2D eigenvalue weighted by atomic mass is 9.95. The third-order valence-corrected chi connectivity index (χ3v) is 3.56. The Hall–Kier alpha value is -0.610. The first kappa shape index (κ1) is 15.4.